The summed E-state index contributed by atoms with van der Waals surface area (Å²) in [5.74, 6) is 8.27. The van der Waals surface area contributed by atoms with Gasteiger partial charge in [-0.2, -0.15) is 5.10 Å². The Bertz CT molecular complexity index is 885. The van der Waals surface area contributed by atoms with Gasteiger partial charge in [0.15, 0.2) is 0 Å². The molecule has 0 spiro atoms. The third-order valence-electron chi connectivity index (χ3n) is 8.14. The molecule has 1 aliphatic heterocycles. The Morgan fingerprint density at radius 3 is 2.54 bits per heavy atom. The Kier molecular flexibility index (Phi) is 9.31. The molecule has 0 bridgehead atoms. The van der Waals surface area contributed by atoms with Gasteiger partial charge in [0, 0.05) is 18.0 Å². The maximum atomic E-state index is 6.41. The highest BCUT2D eigenvalue weighted by atomic mass is 16.5. The smallest absolute Gasteiger partial charge is 0.119 e. The molecule has 3 aliphatic rings. The first-order valence-electron chi connectivity index (χ1n) is 13.9. The number of fused-ring (bicyclic) bond motifs is 1. The van der Waals surface area contributed by atoms with Crippen molar-refractivity contribution in [1.82, 2.24) is 4.90 Å². The van der Waals surface area contributed by atoms with Gasteiger partial charge in [-0.15, -0.1) is 0 Å². The van der Waals surface area contributed by atoms with E-state index in [4.69, 9.17) is 15.3 Å². The number of likely N-dealkylation sites (tertiary alicyclic amines) is 1. The number of allylic oxidation sites excluding steroid dienone is 2. The number of rotatable bonds is 10. The van der Waals surface area contributed by atoms with Crippen LogP contribution in [-0.2, 0) is 4.74 Å². The molecule has 2 N–H and O–H groups in total. The van der Waals surface area contributed by atoms with Crippen LogP contribution in [0.3, 0.4) is 0 Å². The lowest BCUT2D eigenvalue weighted by molar-refractivity contribution is 0.120. The summed E-state index contributed by atoms with van der Waals surface area (Å²) < 4.78 is 12.7. The molecule has 0 aromatic heterocycles. The number of hydrogen-bond acceptors (Lipinski definition) is 5. The normalized spacial score (nSPS) is 26.4. The summed E-state index contributed by atoms with van der Waals surface area (Å²) in [5, 5.41) is 4.19. The molecule has 1 aromatic carbocycles. The Morgan fingerprint density at radius 1 is 1.09 bits per heavy atom. The van der Waals surface area contributed by atoms with Gasteiger partial charge in [0.2, 0.25) is 0 Å². The van der Waals surface area contributed by atoms with E-state index in [9.17, 15) is 0 Å². The van der Waals surface area contributed by atoms with Crippen LogP contribution in [0.25, 0.3) is 5.57 Å². The number of nitrogens with two attached hydrogens (primary N) is 1. The van der Waals surface area contributed by atoms with Gasteiger partial charge in [0.25, 0.3) is 0 Å². The van der Waals surface area contributed by atoms with Gasteiger partial charge < -0.3 is 20.2 Å². The molecule has 2 aliphatic carbocycles. The predicted molar refractivity (Wildman–Crippen MR) is 145 cm³/mol. The zero-order valence-electron chi connectivity index (χ0n) is 21.9. The summed E-state index contributed by atoms with van der Waals surface area (Å²) in [5.41, 5.74) is 2.98. The van der Waals surface area contributed by atoms with E-state index >= 15 is 0 Å². The van der Waals surface area contributed by atoms with Gasteiger partial charge in [0.05, 0.1) is 11.8 Å². The van der Waals surface area contributed by atoms with Gasteiger partial charge in [-0.3, -0.25) is 0 Å². The molecule has 2 saturated carbocycles. The first kappa shape index (κ1) is 25.8. The van der Waals surface area contributed by atoms with Crippen molar-refractivity contribution < 1.29 is 9.47 Å². The van der Waals surface area contributed by atoms with Crippen molar-refractivity contribution in [2.75, 3.05) is 13.6 Å². The summed E-state index contributed by atoms with van der Waals surface area (Å²) in [7, 11) is 2.26. The summed E-state index contributed by atoms with van der Waals surface area (Å²) in [6.07, 6.45) is 16.6. The van der Waals surface area contributed by atoms with Gasteiger partial charge in [-0.05, 0) is 101 Å². The molecule has 5 nitrogen and oxygen atoms in total. The highest BCUT2D eigenvalue weighted by Gasteiger charge is 2.39. The standard InChI is InChI=1S/C30H45N3O2/c1-4-5-13-29(32-31)28(23-14-16-26(17-15-23)35-25-11-7-6-8-12-25)19-22(2)34-27-20-24-10-9-18-33(3)30(24)21-27/h14-17,19,24-25,27,30H,2,4-13,18,20-21,31H2,1,3H3/b28-19-,32-29-/t24?,27-,30?/m1/s1. The SMILES string of the molecule is C=C(/C=C(\C(CCCC)=N/N)c1ccc(OC2CCCCC2)cc1)O[C@@H]1CC2CCCN(C)C2C1. The maximum absolute atomic E-state index is 6.41. The lowest BCUT2D eigenvalue weighted by atomic mass is 9.93. The zero-order valence-corrected chi connectivity index (χ0v) is 21.9. The van der Waals surface area contributed by atoms with Crippen LogP contribution >= 0.6 is 0 Å². The van der Waals surface area contributed by atoms with E-state index in [2.05, 4.69) is 54.8 Å². The molecule has 1 aromatic rings. The minimum atomic E-state index is 0.232. The Morgan fingerprint density at radius 2 is 1.86 bits per heavy atom. The number of unbranched alkanes of at least 4 members (excludes halogenated alkanes) is 1. The third-order valence-corrected chi connectivity index (χ3v) is 8.14. The lowest BCUT2D eigenvalue weighted by Crippen LogP contribution is -2.39. The van der Waals surface area contributed by atoms with Crippen LogP contribution in [0.15, 0.2) is 47.8 Å². The van der Waals surface area contributed by atoms with Crippen LogP contribution in [0.1, 0.15) is 89.5 Å². The number of hydrazone groups is 1. The molecule has 3 fully saturated rings. The van der Waals surface area contributed by atoms with Crippen molar-refractivity contribution in [3.05, 3.63) is 48.2 Å². The fourth-order valence-corrected chi connectivity index (χ4v) is 6.21. The average Bonchev–Trinajstić information content (AvgIpc) is 3.28. The van der Waals surface area contributed by atoms with Crippen LogP contribution in [0.4, 0.5) is 0 Å². The first-order chi connectivity index (χ1) is 17.1. The minimum absolute atomic E-state index is 0.232. The van der Waals surface area contributed by atoms with E-state index in [0.717, 1.165) is 73.5 Å². The highest BCUT2D eigenvalue weighted by Crippen LogP contribution is 2.38. The van der Waals surface area contributed by atoms with Crippen LogP contribution in [0.2, 0.25) is 0 Å². The number of ether oxygens (including phenoxy) is 2. The number of hydrogen-bond donors (Lipinski definition) is 1. The van der Waals surface area contributed by atoms with Gasteiger partial charge >= 0.3 is 0 Å². The summed E-state index contributed by atoms with van der Waals surface area (Å²) >= 11 is 0. The second-order valence-corrected chi connectivity index (χ2v) is 10.8. The lowest BCUT2D eigenvalue weighted by Gasteiger charge is -2.34. The van der Waals surface area contributed by atoms with Crippen molar-refractivity contribution >= 4 is 11.3 Å². The fraction of sp³-hybridized carbons (Fsp3) is 0.633. The molecular weight excluding hydrogens is 434 g/mol. The molecule has 3 atom stereocenters. The van der Waals surface area contributed by atoms with E-state index in [-0.39, 0.29) is 6.10 Å². The molecular formula is C30H45N3O2. The van der Waals surface area contributed by atoms with Gasteiger partial charge in [-0.25, -0.2) is 0 Å². The van der Waals surface area contributed by atoms with Crippen LogP contribution in [0.5, 0.6) is 5.75 Å². The monoisotopic (exact) mass is 479 g/mol. The van der Waals surface area contributed by atoms with Gasteiger partial charge in [0.1, 0.15) is 17.6 Å². The Hall–Kier alpha value is -2.27. The Balaban J connectivity index is 1.47. The summed E-state index contributed by atoms with van der Waals surface area (Å²) in [4.78, 5) is 2.52. The van der Waals surface area contributed by atoms with E-state index in [1.54, 1.807) is 0 Å². The largest absolute Gasteiger partial charge is 0.491 e. The fourth-order valence-electron chi connectivity index (χ4n) is 6.21. The second kappa shape index (κ2) is 12.6. The minimum Gasteiger partial charge on any atom is -0.491 e. The summed E-state index contributed by atoms with van der Waals surface area (Å²) in [6.45, 7) is 7.67. The molecule has 2 unspecified atom stereocenters. The first-order valence-corrected chi connectivity index (χ1v) is 13.9. The Labute approximate surface area is 212 Å². The molecule has 4 rings (SSSR count). The van der Waals surface area contributed by atoms with Crippen molar-refractivity contribution in [2.45, 2.75) is 102 Å². The zero-order chi connectivity index (χ0) is 24.6. The second-order valence-electron chi connectivity index (χ2n) is 10.8. The van der Waals surface area contributed by atoms with E-state index < -0.39 is 0 Å². The highest BCUT2D eigenvalue weighted by molar-refractivity contribution is 6.24. The molecule has 1 heterocycles. The van der Waals surface area contributed by atoms with Gasteiger partial charge in [-0.1, -0.05) is 38.5 Å². The van der Waals surface area contributed by atoms with Crippen molar-refractivity contribution in [2.24, 2.45) is 16.9 Å². The van der Waals surface area contributed by atoms with Crippen LogP contribution < -0.4 is 10.6 Å². The number of piperidine rings is 1. The molecule has 1 saturated heterocycles. The number of benzene rings is 1. The quantitative estimate of drug-likeness (QED) is 0.133. The molecule has 0 amide bonds. The molecule has 0 radical (unpaired) electrons. The van der Waals surface area contributed by atoms with Crippen molar-refractivity contribution in [3.8, 4) is 5.75 Å². The molecule has 35 heavy (non-hydrogen) atoms. The molecule has 5 heteroatoms. The number of nitrogens with zero attached hydrogens (tertiary/aromatic N) is 2. The topological polar surface area (TPSA) is 60.1 Å². The predicted octanol–water partition coefficient (Wildman–Crippen LogP) is 6.69. The molecule has 192 valence electrons. The summed E-state index contributed by atoms with van der Waals surface area (Å²) in [6, 6.07) is 9.04. The van der Waals surface area contributed by atoms with Crippen molar-refractivity contribution in [1.29, 1.82) is 0 Å². The van der Waals surface area contributed by atoms with Crippen molar-refractivity contribution in [3.63, 3.8) is 0 Å². The van der Waals surface area contributed by atoms with Crippen LogP contribution in [0, 0.1) is 5.92 Å². The van der Waals surface area contributed by atoms with E-state index in [0.29, 0.717) is 17.9 Å². The average molecular weight is 480 g/mol. The van der Waals surface area contributed by atoms with E-state index in [1.165, 1.54) is 38.6 Å². The maximum Gasteiger partial charge on any atom is 0.119 e. The van der Waals surface area contributed by atoms with Crippen LogP contribution in [-0.4, -0.2) is 42.5 Å². The van der Waals surface area contributed by atoms with E-state index in [1.807, 2.05) is 6.08 Å². The third kappa shape index (κ3) is 6.91.